The maximum atomic E-state index is 12.2. The van der Waals surface area contributed by atoms with Crippen LogP contribution < -0.4 is 5.56 Å². The Morgan fingerprint density at radius 1 is 1.13 bits per heavy atom. The molecule has 2 aromatic carbocycles. The number of nitriles is 1. The monoisotopic (exact) mass is 301 g/mol. The summed E-state index contributed by atoms with van der Waals surface area (Å²) in [6.45, 7) is 1.98. The Balaban J connectivity index is 2.11. The first kappa shape index (κ1) is 14.7. The molecule has 1 N–H and O–H groups in total. The second kappa shape index (κ2) is 6.29. The molecule has 0 fully saturated rings. The number of benzene rings is 2. The lowest BCUT2D eigenvalue weighted by molar-refractivity contribution is 0.997. The van der Waals surface area contributed by atoms with Crippen LogP contribution >= 0.6 is 0 Å². The summed E-state index contributed by atoms with van der Waals surface area (Å²) in [7, 11) is 0. The fourth-order valence-electron chi connectivity index (χ4n) is 2.48. The zero-order valence-electron chi connectivity index (χ0n) is 12.7. The van der Waals surface area contributed by atoms with Gasteiger partial charge >= 0.3 is 0 Å². The second-order valence-corrected chi connectivity index (χ2v) is 5.38. The van der Waals surface area contributed by atoms with Crippen LogP contribution in [0.5, 0.6) is 0 Å². The molecule has 0 saturated carbocycles. The lowest BCUT2D eigenvalue weighted by Crippen LogP contribution is -2.17. The van der Waals surface area contributed by atoms with E-state index >= 15 is 0 Å². The predicted molar refractivity (Wildman–Crippen MR) is 89.0 cm³/mol. The van der Waals surface area contributed by atoms with E-state index in [1.807, 2.05) is 67.6 Å². The summed E-state index contributed by atoms with van der Waals surface area (Å²) in [4.78, 5) is 19.5. The molecule has 0 radical (unpaired) electrons. The summed E-state index contributed by atoms with van der Waals surface area (Å²) in [6.07, 6.45) is 0.451. The smallest absolute Gasteiger partial charge is 0.269 e. The standard InChI is InChI=1S/C19H15N3O/c1-13-6-5-9-15(10-13)18-21-17(16(12-20)19(23)22-18)11-14-7-3-2-4-8-14/h2-10H,11H2,1H3,(H,21,22,23). The van der Waals surface area contributed by atoms with Crippen LogP contribution in [0.15, 0.2) is 59.4 Å². The molecule has 1 heterocycles. The van der Waals surface area contributed by atoms with Crippen molar-refractivity contribution in [2.45, 2.75) is 13.3 Å². The average molecular weight is 301 g/mol. The summed E-state index contributed by atoms with van der Waals surface area (Å²) in [5, 5.41) is 9.27. The van der Waals surface area contributed by atoms with Crippen molar-refractivity contribution in [2.24, 2.45) is 0 Å². The third kappa shape index (κ3) is 3.19. The number of hydrogen-bond acceptors (Lipinski definition) is 3. The quantitative estimate of drug-likeness (QED) is 0.807. The highest BCUT2D eigenvalue weighted by atomic mass is 16.1. The van der Waals surface area contributed by atoms with Gasteiger partial charge < -0.3 is 4.98 Å². The van der Waals surface area contributed by atoms with Gasteiger partial charge in [-0.1, -0.05) is 54.1 Å². The number of hydrogen-bond donors (Lipinski definition) is 1. The SMILES string of the molecule is Cc1cccc(-c2nc(Cc3ccccc3)c(C#N)c(=O)[nH]2)c1. The minimum atomic E-state index is -0.398. The van der Waals surface area contributed by atoms with E-state index in [0.29, 0.717) is 17.9 Å². The lowest BCUT2D eigenvalue weighted by atomic mass is 10.1. The predicted octanol–water partition coefficient (Wildman–Crippen LogP) is 3.21. The Morgan fingerprint density at radius 3 is 2.61 bits per heavy atom. The van der Waals surface area contributed by atoms with Crippen LogP contribution in [0, 0.1) is 18.3 Å². The van der Waals surface area contributed by atoms with Gasteiger partial charge in [0.25, 0.3) is 5.56 Å². The molecule has 0 saturated heterocycles. The average Bonchev–Trinajstić information content (AvgIpc) is 2.55. The Hall–Kier alpha value is -3.19. The van der Waals surface area contributed by atoms with E-state index in [1.165, 1.54) is 0 Å². The Bertz CT molecular complexity index is 937. The van der Waals surface area contributed by atoms with Gasteiger partial charge in [0.05, 0.1) is 5.69 Å². The molecule has 112 valence electrons. The number of nitrogens with one attached hydrogen (secondary N) is 1. The van der Waals surface area contributed by atoms with Gasteiger partial charge in [-0.2, -0.15) is 5.26 Å². The van der Waals surface area contributed by atoms with Crippen LogP contribution in [0.25, 0.3) is 11.4 Å². The lowest BCUT2D eigenvalue weighted by Gasteiger charge is -2.07. The number of nitrogens with zero attached hydrogens (tertiary/aromatic N) is 2. The summed E-state index contributed by atoms with van der Waals surface area (Å²) in [6, 6.07) is 19.4. The normalized spacial score (nSPS) is 10.3. The zero-order chi connectivity index (χ0) is 16.2. The highest BCUT2D eigenvalue weighted by Gasteiger charge is 2.13. The first-order valence-electron chi connectivity index (χ1n) is 7.31. The molecule has 4 heteroatoms. The minimum absolute atomic E-state index is 0.0743. The van der Waals surface area contributed by atoms with E-state index in [4.69, 9.17) is 0 Å². The number of rotatable bonds is 3. The molecule has 1 aromatic heterocycles. The third-order valence-electron chi connectivity index (χ3n) is 3.61. The molecule has 0 spiro atoms. The first-order valence-corrected chi connectivity index (χ1v) is 7.31. The van der Waals surface area contributed by atoms with Gasteiger partial charge in [0.1, 0.15) is 17.5 Å². The van der Waals surface area contributed by atoms with Crippen molar-refractivity contribution in [3.8, 4) is 17.5 Å². The van der Waals surface area contributed by atoms with Crippen molar-refractivity contribution >= 4 is 0 Å². The summed E-state index contributed by atoms with van der Waals surface area (Å²) >= 11 is 0. The fourth-order valence-corrected chi connectivity index (χ4v) is 2.48. The van der Waals surface area contributed by atoms with E-state index < -0.39 is 5.56 Å². The summed E-state index contributed by atoms with van der Waals surface area (Å²) in [5.41, 5.74) is 3.10. The molecule has 3 aromatic rings. The summed E-state index contributed by atoms with van der Waals surface area (Å²) in [5.74, 6) is 0.489. The van der Waals surface area contributed by atoms with E-state index in [2.05, 4.69) is 9.97 Å². The van der Waals surface area contributed by atoms with Crippen molar-refractivity contribution in [2.75, 3.05) is 0 Å². The van der Waals surface area contributed by atoms with Crippen LogP contribution in [0.3, 0.4) is 0 Å². The molecule has 3 rings (SSSR count). The largest absolute Gasteiger partial charge is 0.305 e. The molecule has 23 heavy (non-hydrogen) atoms. The van der Waals surface area contributed by atoms with Crippen molar-refractivity contribution in [1.82, 2.24) is 9.97 Å². The Kier molecular flexibility index (Phi) is 4.03. The van der Waals surface area contributed by atoms with E-state index in [-0.39, 0.29) is 5.56 Å². The minimum Gasteiger partial charge on any atom is -0.305 e. The van der Waals surface area contributed by atoms with Gasteiger partial charge in [0.2, 0.25) is 0 Å². The Labute approximate surface area is 134 Å². The van der Waals surface area contributed by atoms with E-state index in [0.717, 1.165) is 16.7 Å². The van der Waals surface area contributed by atoms with Gasteiger partial charge in [-0.05, 0) is 18.6 Å². The van der Waals surface area contributed by atoms with Crippen molar-refractivity contribution in [3.63, 3.8) is 0 Å². The third-order valence-corrected chi connectivity index (χ3v) is 3.61. The topological polar surface area (TPSA) is 69.5 Å². The van der Waals surface area contributed by atoms with Gasteiger partial charge in [-0.15, -0.1) is 0 Å². The fraction of sp³-hybridized carbons (Fsp3) is 0.105. The molecule has 0 aliphatic carbocycles. The molecule has 0 unspecified atom stereocenters. The maximum absolute atomic E-state index is 12.2. The van der Waals surface area contributed by atoms with Gasteiger partial charge in [-0.25, -0.2) is 4.98 Å². The van der Waals surface area contributed by atoms with Crippen LogP contribution in [-0.4, -0.2) is 9.97 Å². The molecule has 4 nitrogen and oxygen atoms in total. The molecule has 0 aliphatic rings. The number of H-pyrrole nitrogens is 1. The van der Waals surface area contributed by atoms with Crippen molar-refractivity contribution in [3.05, 3.63) is 87.3 Å². The van der Waals surface area contributed by atoms with Gasteiger partial charge in [0, 0.05) is 12.0 Å². The van der Waals surface area contributed by atoms with E-state index in [9.17, 15) is 10.1 Å². The second-order valence-electron chi connectivity index (χ2n) is 5.38. The van der Waals surface area contributed by atoms with Crippen LogP contribution in [0.1, 0.15) is 22.4 Å². The molecular formula is C19H15N3O. The van der Waals surface area contributed by atoms with Crippen molar-refractivity contribution < 1.29 is 0 Å². The Morgan fingerprint density at radius 2 is 1.91 bits per heavy atom. The molecule has 0 aliphatic heterocycles. The zero-order valence-corrected chi connectivity index (χ0v) is 12.7. The molecular weight excluding hydrogens is 286 g/mol. The van der Waals surface area contributed by atoms with E-state index in [1.54, 1.807) is 0 Å². The highest BCUT2D eigenvalue weighted by Crippen LogP contribution is 2.17. The van der Waals surface area contributed by atoms with Gasteiger partial charge in [-0.3, -0.25) is 4.79 Å². The molecule has 0 amide bonds. The number of aromatic amines is 1. The van der Waals surface area contributed by atoms with Crippen LogP contribution in [-0.2, 0) is 6.42 Å². The number of aromatic nitrogens is 2. The highest BCUT2D eigenvalue weighted by molar-refractivity contribution is 5.57. The molecule has 0 bridgehead atoms. The number of aryl methyl sites for hydroxylation is 1. The first-order chi connectivity index (χ1) is 11.2. The van der Waals surface area contributed by atoms with Crippen LogP contribution in [0.2, 0.25) is 0 Å². The van der Waals surface area contributed by atoms with Gasteiger partial charge in [0.15, 0.2) is 0 Å². The van der Waals surface area contributed by atoms with Crippen molar-refractivity contribution in [1.29, 1.82) is 5.26 Å². The summed E-state index contributed by atoms with van der Waals surface area (Å²) < 4.78 is 0. The molecule has 0 atom stereocenters. The maximum Gasteiger partial charge on any atom is 0.269 e. The van der Waals surface area contributed by atoms with Crippen LogP contribution in [0.4, 0.5) is 0 Å².